The van der Waals surface area contributed by atoms with E-state index in [9.17, 15) is 13.2 Å². The van der Waals surface area contributed by atoms with Gasteiger partial charge in [-0.2, -0.15) is 0 Å². The molecule has 0 unspecified atom stereocenters. The second kappa shape index (κ2) is 8.17. The van der Waals surface area contributed by atoms with E-state index >= 15 is 0 Å². The third-order valence-electron chi connectivity index (χ3n) is 3.29. The number of hydrogen-bond donors (Lipinski definition) is 2. The van der Waals surface area contributed by atoms with Gasteiger partial charge in [0.15, 0.2) is 0 Å². The molecule has 0 saturated heterocycles. The van der Waals surface area contributed by atoms with Gasteiger partial charge in [0.25, 0.3) is 5.91 Å². The largest absolute Gasteiger partial charge is 0.352 e. The van der Waals surface area contributed by atoms with E-state index in [0.29, 0.717) is 17.8 Å². The van der Waals surface area contributed by atoms with Gasteiger partial charge < -0.3 is 5.32 Å². The third kappa shape index (κ3) is 5.86. The van der Waals surface area contributed by atoms with Crippen molar-refractivity contribution in [3.63, 3.8) is 0 Å². The van der Waals surface area contributed by atoms with Gasteiger partial charge in [0.05, 0.1) is 6.26 Å². The maximum absolute atomic E-state index is 12.1. The number of benzene rings is 2. The first-order valence-electron chi connectivity index (χ1n) is 7.44. The lowest BCUT2D eigenvalue weighted by molar-refractivity contribution is 0.0953. The van der Waals surface area contributed by atoms with E-state index in [1.165, 1.54) is 6.07 Å². The zero-order valence-corrected chi connectivity index (χ0v) is 14.8. The van der Waals surface area contributed by atoms with Crippen molar-refractivity contribution in [3.05, 3.63) is 64.7 Å². The Morgan fingerprint density at radius 3 is 2.58 bits per heavy atom. The molecule has 2 aromatic rings. The fraction of sp³-hybridized carbons (Fsp3) is 0.235. The zero-order chi connectivity index (χ0) is 17.6. The van der Waals surface area contributed by atoms with Gasteiger partial charge in [-0.05, 0) is 42.7 Å². The summed E-state index contributed by atoms with van der Waals surface area (Å²) in [4.78, 5) is 12.1. The highest BCUT2D eigenvalue weighted by atomic mass is 35.5. The quantitative estimate of drug-likeness (QED) is 0.739. The van der Waals surface area contributed by atoms with Crippen molar-refractivity contribution in [2.45, 2.75) is 12.8 Å². The first-order valence-corrected chi connectivity index (χ1v) is 9.71. The van der Waals surface area contributed by atoms with Crippen molar-refractivity contribution >= 4 is 33.2 Å². The number of aryl methyl sites for hydroxylation is 1. The molecule has 2 rings (SSSR count). The monoisotopic (exact) mass is 366 g/mol. The molecule has 0 aliphatic rings. The molecule has 0 heterocycles. The third-order valence-corrected chi connectivity index (χ3v) is 4.27. The minimum Gasteiger partial charge on any atom is -0.352 e. The Kier molecular flexibility index (Phi) is 6.23. The molecule has 128 valence electrons. The van der Waals surface area contributed by atoms with Crippen LogP contribution in [0.1, 0.15) is 22.3 Å². The standard InChI is InChI=1S/C17H19ClN2O3S/c1-24(22,23)20-15-9-4-7-14(12-15)17(21)19-11-5-8-13-6-2-3-10-16(13)18/h2-4,6-7,9-10,12,20H,5,8,11H2,1H3,(H,19,21). The molecule has 7 heteroatoms. The summed E-state index contributed by atoms with van der Waals surface area (Å²) in [6, 6.07) is 14.0. The Balaban J connectivity index is 1.86. The fourth-order valence-corrected chi connectivity index (χ4v) is 3.01. The molecule has 0 fully saturated rings. The second-order valence-corrected chi connectivity index (χ2v) is 7.56. The molecule has 0 saturated carbocycles. The first-order chi connectivity index (χ1) is 11.3. The number of hydrogen-bond acceptors (Lipinski definition) is 3. The van der Waals surface area contributed by atoms with Gasteiger partial charge in [-0.1, -0.05) is 35.9 Å². The van der Waals surface area contributed by atoms with Crippen molar-refractivity contribution < 1.29 is 13.2 Å². The van der Waals surface area contributed by atoms with E-state index in [1.54, 1.807) is 18.2 Å². The van der Waals surface area contributed by atoms with Crippen LogP contribution in [0, 0.1) is 0 Å². The van der Waals surface area contributed by atoms with Crippen LogP contribution in [0.4, 0.5) is 5.69 Å². The van der Waals surface area contributed by atoms with Gasteiger partial charge in [0.1, 0.15) is 0 Å². The van der Waals surface area contributed by atoms with Crippen molar-refractivity contribution in [2.75, 3.05) is 17.5 Å². The highest BCUT2D eigenvalue weighted by Crippen LogP contribution is 2.16. The van der Waals surface area contributed by atoms with E-state index in [1.807, 2.05) is 24.3 Å². The lowest BCUT2D eigenvalue weighted by atomic mass is 10.1. The van der Waals surface area contributed by atoms with Crippen molar-refractivity contribution in [3.8, 4) is 0 Å². The first kappa shape index (κ1) is 18.3. The van der Waals surface area contributed by atoms with Gasteiger partial charge in [-0.3, -0.25) is 9.52 Å². The normalized spacial score (nSPS) is 11.1. The highest BCUT2D eigenvalue weighted by Gasteiger charge is 2.08. The van der Waals surface area contributed by atoms with E-state index in [4.69, 9.17) is 11.6 Å². The highest BCUT2D eigenvalue weighted by molar-refractivity contribution is 7.92. The summed E-state index contributed by atoms with van der Waals surface area (Å²) in [5.41, 5.74) is 1.82. The second-order valence-electron chi connectivity index (χ2n) is 5.41. The molecule has 2 N–H and O–H groups in total. The molecular formula is C17H19ClN2O3S. The van der Waals surface area contributed by atoms with Gasteiger partial charge in [0.2, 0.25) is 10.0 Å². The molecule has 0 aromatic heterocycles. The van der Waals surface area contributed by atoms with E-state index < -0.39 is 10.0 Å². The molecule has 0 atom stereocenters. The summed E-state index contributed by atoms with van der Waals surface area (Å²) >= 11 is 6.09. The molecule has 24 heavy (non-hydrogen) atoms. The number of anilines is 1. The van der Waals surface area contributed by atoms with E-state index in [2.05, 4.69) is 10.0 Å². The number of halogens is 1. The predicted octanol–water partition coefficient (Wildman–Crippen LogP) is 3.07. The van der Waals surface area contributed by atoms with Crippen LogP contribution in [-0.2, 0) is 16.4 Å². The van der Waals surface area contributed by atoms with Crippen LogP contribution in [0.3, 0.4) is 0 Å². The number of carbonyl (C=O) groups excluding carboxylic acids is 1. The summed E-state index contributed by atoms with van der Waals surface area (Å²) in [5, 5.41) is 3.54. The fourth-order valence-electron chi connectivity index (χ4n) is 2.22. The molecule has 2 aromatic carbocycles. The molecule has 0 spiro atoms. The average molecular weight is 367 g/mol. The number of nitrogens with one attached hydrogen (secondary N) is 2. The topological polar surface area (TPSA) is 75.3 Å². The summed E-state index contributed by atoms with van der Waals surface area (Å²) in [6.45, 7) is 0.508. The molecule has 0 aliphatic carbocycles. The SMILES string of the molecule is CS(=O)(=O)Nc1cccc(C(=O)NCCCc2ccccc2Cl)c1. The zero-order valence-electron chi connectivity index (χ0n) is 13.3. The lowest BCUT2D eigenvalue weighted by Gasteiger charge is -2.08. The van der Waals surface area contributed by atoms with Crippen LogP contribution in [-0.4, -0.2) is 27.1 Å². The molecule has 0 radical (unpaired) electrons. The lowest BCUT2D eigenvalue weighted by Crippen LogP contribution is -2.25. The Hall–Kier alpha value is -2.05. The van der Waals surface area contributed by atoms with Gasteiger partial charge in [0, 0.05) is 22.8 Å². The van der Waals surface area contributed by atoms with Gasteiger partial charge >= 0.3 is 0 Å². The summed E-state index contributed by atoms with van der Waals surface area (Å²) in [7, 11) is -3.37. The Morgan fingerprint density at radius 1 is 1.12 bits per heavy atom. The van der Waals surface area contributed by atoms with Gasteiger partial charge in [-0.15, -0.1) is 0 Å². The van der Waals surface area contributed by atoms with Crippen molar-refractivity contribution in [1.29, 1.82) is 0 Å². The minimum atomic E-state index is -3.37. The molecular weight excluding hydrogens is 348 g/mol. The Labute approximate surface area is 147 Å². The molecule has 0 bridgehead atoms. The van der Waals surface area contributed by atoms with Crippen molar-refractivity contribution in [1.82, 2.24) is 5.32 Å². The van der Waals surface area contributed by atoms with Crippen LogP contribution in [0.2, 0.25) is 5.02 Å². The van der Waals surface area contributed by atoms with Crippen LogP contribution < -0.4 is 10.0 Å². The number of carbonyl (C=O) groups is 1. The molecule has 1 amide bonds. The summed E-state index contributed by atoms with van der Waals surface area (Å²) < 4.78 is 24.8. The number of sulfonamides is 1. The molecule has 5 nitrogen and oxygen atoms in total. The average Bonchev–Trinajstić information content (AvgIpc) is 2.51. The minimum absolute atomic E-state index is 0.244. The smallest absolute Gasteiger partial charge is 0.251 e. The predicted molar refractivity (Wildman–Crippen MR) is 97.0 cm³/mol. The van der Waals surface area contributed by atoms with E-state index in [-0.39, 0.29) is 5.91 Å². The maximum Gasteiger partial charge on any atom is 0.251 e. The van der Waals surface area contributed by atoms with Crippen LogP contribution in [0.25, 0.3) is 0 Å². The van der Waals surface area contributed by atoms with Crippen molar-refractivity contribution in [2.24, 2.45) is 0 Å². The van der Waals surface area contributed by atoms with Gasteiger partial charge in [-0.25, -0.2) is 8.42 Å². The number of rotatable bonds is 7. The number of amides is 1. The van der Waals surface area contributed by atoms with Crippen LogP contribution in [0.15, 0.2) is 48.5 Å². The Morgan fingerprint density at radius 2 is 1.88 bits per heavy atom. The summed E-state index contributed by atoms with van der Waals surface area (Å²) in [6.07, 6.45) is 2.60. The van der Waals surface area contributed by atoms with Crippen LogP contribution >= 0.6 is 11.6 Å². The Bertz CT molecular complexity index is 822. The van der Waals surface area contributed by atoms with Crippen LogP contribution in [0.5, 0.6) is 0 Å². The van der Waals surface area contributed by atoms with E-state index in [0.717, 1.165) is 29.7 Å². The maximum atomic E-state index is 12.1. The summed E-state index contributed by atoms with van der Waals surface area (Å²) in [5.74, 6) is -0.244. The molecule has 0 aliphatic heterocycles.